The van der Waals surface area contributed by atoms with Gasteiger partial charge in [-0.1, -0.05) is 61.7 Å². The third-order valence-corrected chi connectivity index (χ3v) is 5.08. The van der Waals surface area contributed by atoms with Crippen molar-refractivity contribution in [3.8, 4) is 0 Å². The molecule has 0 bridgehead atoms. The molecule has 1 heterocycles. The van der Waals surface area contributed by atoms with E-state index in [2.05, 4.69) is 54.1 Å². The summed E-state index contributed by atoms with van der Waals surface area (Å²) in [5, 5.41) is 3.91. The maximum atomic E-state index is 4.15. The first kappa shape index (κ1) is 14.8. The van der Waals surface area contributed by atoms with Gasteiger partial charge >= 0.3 is 0 Å². The Balaban J connectivity index is 1.80. The van der Waals surface area contributed by atoms with E-state index < -0.39 is 0 Å². The van der Waals surface area contributed by atoms with Crippen LogP contribution in [0.2, 0.25) is 0 Å². The van der Waals surface area contributed by atoms with E-state index >= 15 is 0 Å². The van der Waals surface area contributed by atoms with Gasteiger partial charge in [0.25, 0.3) is 0 Å². The second-order valence-electron chi connectivity index (χ2n) is 7.01. The summed E-state index contributed by atoms with van der Waals surface area (Å²) in [5.74, 6) is 0. The first-order valence-corrected chi connectivity index (χ1v) is 8.37. The van der Waals surface area contributed by atoms with E-state index in [0.29, 0.717) is 11.6 Å². The van der Waals surface area contributed by atoms with E-state index in [1.165, 1.54) is 49.8 Å². The number of nitrogens with one attached hydrogen (secondary N) is 1. The fourth-order valence-electron chi connectivity index (χ4n) is 4.08. The Kier molecular flexibility index (Phi) is 4.46. The first-order valence-electron chi connectivity index (χ1n) is 8.37. The molecule has 1 atom stereocenters. The van der Waals surface area contributed by atoms with Gasteiger partial charge in [-0.3, -0.25) is 4.90 Å². The number of nitrogens with zero attached hydrogens (tertiary/aromatic N) is 1. The Labute approximate surface area is 129 Å². The van der Waals surface area contributed by atoms with Gasteiger partial charge in [0.15, 0.2) is 0 Å². The van der Waals surface area contributed by atoms with Gasteiger partial charge in [0.1, 0.15) is 0 Å². The van der Waals surface area contributed by atoms with Crippen molar-refractivity contribution < 1.29 is 0 Å². The minimum Gasteiger partial charge on any atom is -0.308 e. The van der Waals surface area contributed by atoms with Gasteiger partial charge in [0.2, 0.25) is 0 Å². The van der Waals surface area contributed by atoms with Crippen molar-refractivity contribution in [2.75, 3.05) is 19.6 Å². The van der Waals surface area contributed by atoms with Crippen LogP contribution in [0.25, 0.3) is 0 Å². The van der Waals surface area contributed by atoms with Gasteiger partial charge < -0.3 is 5.32 Å². The predicted molar refractivity (Wildman–Crippen MR) is 89.4 cm³/mol. The van der Waals surface area contributed by atoms with Gasteiger partial charge in [0.05, 0.1) is 0 Å². The van der Waals surface area contributed by atoms with E-state index in [1.807, 2.05) is 0 Å². The van der Waals surface area contributed by atoms with Crippen molar-refractivity contribution in [3.05, 3.63) is 48.0 Å². The number of benzene rings is 1. The van der Waals surface area contributed by atoms with Crippen molar-refractivity contribution in [2.24, 2.45) is 0 Å². The van der Waals surface area contributed by atoms with Crippen molar-refractivity contribution in [3.63, 3.8) is 0 Å². The van der Waals surface area contributed by atoms with Crippen molar-refractivity contribution in [2.45, 2.75) is 50.6 Å². The molecular formula is C19H28N2. The molecule has 1 saturated carbocycles. The third kappa shape index (κ3) is 3.38. The van der Waals surface area contributed by atoms with Crippen LogP contribution in [-0.4, -0.2) is 30.1 Å². The Hall–Kier alpha value is -1.12. The van der Waals surface area contributed by atoms with Crippen LogP contribution in [0.15, 0.2) is 42.5 Å². The molecule has 2 aliphatic rings. The summed E-state index contributed by atoms with van der Waals surface area (Å²) in [6.07, 6.45) is 6.84. The van der Waals surface area contributed by atoms with E-state index in [9.17, 15) is 0 Å². The van der Waals surface area contributed by atoms with Crippen LogP contribution in [0, 0.1) is 0 Å². The van der Waals surface area contributed by atoms with Crippen molar-refractivity contribution >= 4 is 0 Å². The van der Waals surface area contributed by atoms with Crippen LogP contribution in [0.5, 0.6) is 0 Å². The molecule has 0 aromatic heterocycles. The highest BCUT2D eigenvalue weighted by Crippen LogP contribution is 2.35. The van der Waals surface area contributed by atoms with Crippen LogP contribution in [0.4, 0.5) is 0 Å². The molecule has 1 aromatic carbocycles. The van der Waals surface area contributed by atoms with Gasteiger partial charge in [-0.15, -0.1) is 0 Å². The second-order valence-corrected chi connectivity index (χ2v) is 7.01. The summed E-state index contributed by atoms with van der Waals surface area (Å²) in [6.45, 7) is 9.55. The molecule has 2 fully saturated rings. The van der Waals surface area contributed by atoms with Crippen LogP contribution in [0.1, 0.15) is 50.6 Å². The lowest BCUT2D eigenvalue weighted by atomic mass is 9.79. The predicted octanol–water partition coefficient (Wildman–Crippen LogP) is 3.91. The molecule has 0 radical (unpaired) electrons. The molecule has 3 rings (SSSR count). The summed E-state index contributed by atoms with van der Waals surface area (Å²) in [6, 6.07) is 11.4. The van der Waals surface area contributed by atoms with Crippen molar-refractivity contribution in [1.29, 1.82) is 0 Å². The minimum atomic E-state index is 0.360. The number of hydrogen-bond donors (Lipinski definition) is 1. The Morgan fingerprint density at radius 3 is 2.62 bits per heavy atom. The molecule has 1 saturated heterocycles. The van der Waals surface area contributed by atoms with E-state index in [4.69, 9.17) is 0 Å². The minimum absolute atomic E-state index is 0.360. The topological polar surface area (TPSA) is 15.3 Å². The van der Waals surface area contributed by atoms with E-state index in [1.54, 1.807) is 0 Å². The highest BCUT2D eigenvalue weighted by molar-refractivity contribution is 5.22. The van der Waals surface area contributed by atoms with Gasteiger partial charge in [-0.2, -0.15) is 0 Å². The SMILES string of the molecule is C=C(C)CN1CC2(CCCCC2)NCC1c1ccccc1. The lowest BCUT2D eigenvalue weighted by Crippen LogP contribution is -2.62. The number of hydrogen-bond acceptors (Lipinski definition) is 2. The van der Waals surface area contributed by atoms with Crippen LogP contribution in [-0.2, 0) is 0 Å². The second kappa shape index (κ2) is 6.33. The summed E-state index contributed by atoms with van der Waals surface area (Å²) >= 11 is 0. The summed E-state index contributed by atoms with van der Waals surface area (Å²) in [7, 11) is 0. The van der Waals surface area contributed by atoms with Crippen LogP contribution >= 0.6 is 0 Å². The smallest absolute Gasteiger partial charge is 0.0477 e. The molecular weight excluding hydrogens is 256 g/mol. The standard InChI is InChI=1S/C19H28N2/c1-16(2)14-21-15-19(11-7-4-8-12-19)20-13-18(21)17-9-5-3-6-10-17/h3,5-6,9-10,18,20H,1,4,7-8,11-15H2,2H3. The quantitative estimate of drug-likeness (QED) is 0.847. The monoisotopic (exact) mass is 284 g/mol. The number of piperazine rings is 1. The molecule has 1 aliphatic carbocycles. The van der Waals surface area contributed by atoms with Gasteiger partial charge in [-0.05, 0) is 25.3 Å². The number of rotatable bonds is 3. The maximum absolute atomic E-state index is 4.15. The normalized spacial score (nSPS) is 25.9. The highest BCUT2D eigenvalue weighted by Gasteiger charge is 2.40. The summed E-state index contributed by atoms with van der Waals surface area (Å²) in [4.78, 5) is 2.65. The average Bonchev–Trinajstić information content (AvgIpc) is 2.48. The molecule has 2 heteroatoms. The molecule has 114 valence electrons. The molecule has 1 spiro atoms. The van der Waals surface area contributed by atoms with Gasteiger partial charge in [0, 0.05) is 31.2 Å². The van der Waals surface area contributed by atoms with E-state index in [0.717, 1.165) is 13.1 Å². The zero-order chi connectivity index (χ0) is 14.7. The van der Waals surface area contributed by atoms with Crippen LogP contribution < -0.4 is 5.32 Å². The molecule has 21 heavy (non-hydrogen) atoms. The summed E-state index contributed by atoms with van der Waals surface area (Å²) in [5.41, 5.74) is 3.06. The molecule has 1 aromatic rings. The summed E-state index contributed by atoms with van der Waals surface area (Å²) < 4.78 is 0. The fraction of sp³-hybridized carbons (Fsp3) is 0.579. The Morgan fingerprint density at radius 1 is 1.24 bits per heavy atom. The average molecular weight is 284 g/mol. The molecule has 0 amide bonds. The Morgan fingerprint density at radius 2 is 1.95 bits per heavy atom. The van der Waals surface area contributed by atoms with E-state index in [-0.39, 0.29) is 0 Å². The fourth-order valence-corrected chi connectivity index (χ4v) is 4.08. The maximum Gasteiger partial charge on any atom is 0.0477 e. The van der Waals surface area contributed by atoms with Crippen molar-refractivity contribution in [1.82, 2.24) is 10.2 Å². The lowest BCUT2D eigenvalue weighted by molar-refractivity contribution is 0.0623. The molecule has 2 nitrogen and oxygen atoms in total. The molecule has 1 unspecified atom stereocenters. The Bertz CT molecular complexity index is 474. The van der Waals surface area contributed by atoms with Crippen LogP contribution in [0.3, 0.4) is 0 Å². The lowest BCUT2D eigenvalue weighted by Gasteiger charge is -2.50. The largest absolute Gasteiger partial charge is 0.308 e. The van der Waals surface area contributed by atoms with Gasteiger partial charge in [-0.25, -0.2) is 0 Å². The zero-order valence-corrected chi connectivity index (χ0v) is 13.3. The zero-order valence-electron chi connectivity index (χ0n) is 13.3. The third-order valence-electron chi connectivity index (χ3n) is 5.08. The highest BCUT2D eigenvalue weighted by atomic mass is 15.3. The molecule has 1 aliphatic heterocycles. The first-order chi connectivity index (χ1) is 10.2. The molecule has 1 N–H and O–H groups in total.